The van der Waals surface area contributed by atoms with Gasteiger partial charge >= 0.3 is 0 Å². The lowest BCUT2D eigenvalue weighted by molar-refractivity contribution is -0.115. The van der Waals surface area contributed by atoms with Crippen molar-refractivity contribution in [3.63, 3.8) is 0 Å². The van der Waals surface area contributed by atoms with Crippen LogP contribution in [0.15, 0.2) is 34.9 Å². The minimum absolute atomic E-state index is 0.0851. The van der Waals surface area contributed by atoms with Crippen LogP contribution in [0.3, 0.4) is 0 Å². The number of carbonyl (C=O) groups is 1. The molecule has 8 heteroatoms. The average Bonchev–Trinajstić information content (AvgIpc) is 3.43. The van der Waals surface area contributed by atoms with E-state index in [1.165, 1.54) is 12.8 Å². The van der Waals surface area contributed by atoms with E-state index in [-0.39, 0.29) is 23.8 Å². The smallest absolute Gasteiger partial charge is 0.231 e. The maximum Gasteiger partial charge on any atom is 0.231 e. The highest BCUT2D eigenvalue weighted by Crippen LogP contribution is 2.41. The van der Waals surface area contributed by atoms with Gasteiger partial charge in [0, 0.05) is 11.6 Å². The number of nitrogens with one attached hydrogen (secondary N) is 1. The van der Waals surface area contributed by atoms with E-state index in [1.807, 2.05) is 24.3 Å². The Morgan fingerprint density at radius 3 is 2.64 bits per heavy atom. The fourth-order valence-corrected chi connectivity index (χ4v) is 3.99. The van der Waals surface area contributed by atoms with Crippen LogP contribution in [0, 0.1) is 22.7 Å². The number of carbonyl (C=O) groups excluding carboxylic acids is 1. The second kappa shape index (κ2) is 8.74. The van der Waals surface area contributed by atoms with Crippen molar-refractivity contribution in [3.8, 4) is 17.3 Å². The summed E-state index contributed by atoms with van der Waals surface area (Å²) in [5.74, 6) is 1.14. The van der Waals surface area contributed by atoms with Crippen molar-refractivity contribution in [1.29, 1.82) is 5.26 Å². The molecule has 3 N–H and O–H groups in total. The van der Waals surface area contributed by atoms with Gasteiger partial charge in [-0.15, -0.1) is 0 Å². The minimum atomic E-state index is -0.189. The molecule has 4 rings (SSSR count). The lowest BCUT2D eigenvalue weighted by atomic mass is 9.91. The highest BCUT2D eigenvalue weighted by molar-refractivity contribution is 5.91. The quantitative estimate of drug-likeness (QED) is 0.541. The lowest BCUT2D eigenvalue weighted by Crippen LogP contribution is -2.14. The third kappa shape index (κ3) is 5.25. The molecule has 0 aliphatic heterocycles. The van der Waals surface area contributed by atoms with E-state index >= 15 is 0 Å². The predicted molar refractivity (Wildman–Crippen MR) is 126 cm³/mol. The fourth-order valence-electron chi connectivity index (χ4n) is 3.99. The molecule has 1 amide bonds. The Bertz CT molecular complexity index is 1190. The Balaban J connectivity index is 1.43. The summed E-state index contributed by atoms with van der Waals surface area (Å²) >= 11 is 0. The van der Waals surface area contributed by atoms with Crippen LogP contribution < -0.4 is 11.1 Å². The van der Waals surface area contributed by atoms with E-state index in [0.717, 1.165) is 23.2 Å². The van der Waals surface area contributed by atoms with Crippen molar-refractivity contribution in [2.45, 2.75) is 59.4 Å². The van der Waals surface area contributed by atoms with Crippen molar-refractivity contribution >= 4 is 17.6 Å². The lowest BCUT2D eigenvalue weighted by Gasteiger charge is -2.14. The van der Waals surface area contributed by atoms with Gasteiger partial charge in [0.05, 0.1) is 18.2 Å². The highest BCUT2D eigenvalue weighted by atomic mass is 16.5. The van der Waals surface area contributed by atoms with E-state index in [2.05, 4.69) is 49.3 Å². The summed E-state index contributed by atoms with van der Waals surface area (Å²) in [4.78, 5) is 12.5. The van der Waals surface area contributed by atoms with Crippen molar-refractivity contribution < 1.29 is 9.32 Å². The molecule has 1 aliphatic rings. The molecule has 1 fully saturated rings. The number of nitrogen functional groups attached to an aromatic ring is 1. The van der Waals surface area contributed by atoms with Gasteiger partial charge in [-0.2, -0.15) is 10.4 Å². The molecule has 1 aromatic carbocycles. The first-order valence-corrected chi connectivity index (χ1v) is 11.3. The Morgan fingerprint density at radius 2 is 2.03 bits per heavy atom. The van der Waals surface area contributed by atoms with Gasteiger partial charge in [0.15, 0.2) is 0 Å². The first-order valence-electron chi connectivity index (χ1n) is 11.3. The molecule has 172 valence electrons. The van der Waals surface area contributed by atoms with Crippen molar-refractivity contribution in [3.05, 3.63) is 47.2 Å². The second-order valence-corrected chi connectivity index (χ2v) is 10.1. The number of nitriles is 1. The van der Waals surface area contributed by atoms with E-state index in [4.69, 9.17) is 10.3 Å². The van der Waals surface area contributed by atoms with Gasteiger partial charge < -0.3 is 10.3 Å². The first-order chi connectivity index (χ1) is 15.6. The number of aromatic nitrogens is 3. The maximum atomic E-state index is 12.5. The van der Waals surface area contributed by atoms with Crippen LogP contribution in [0.25, 0.3) is 11.3 Å². The fraction of sp³-hybridized carbons (Fsp3) is 0.440. The Labute approximate surface area is 193 Å². The molecule has 2 heterocycles. The van der Waals surface area contributed by atoms with Crippen LogP contribution in [0.5, 0.6) is 0 Å². The zero-order valence-corrected chi connectivity index (χ0v) is 19.6. The van der Waals surface area contributed by atoms with E-state index in [9.17, 15) is 10.1 Å². The molecule has 1 saturated carbocycles. The molecule has 2 aromatic heterocycles. The molecule has 1 unspecified atom stereocenters. The average molecular weight is 447 g/mol. The number of benzene rings is 1. The zero-order valence-electron chi connectivity index (χ0n) is 19.6. The predicted octanol–water partition coefficient (Wildman–Crippen LogP) is 4.73. The molecule has 0 spiro atoms. The van der Waals surface area contributed by atoms with Gasteiger partial charge in [-0.3, -0.25) is 10.1 Å². The number of amides is 1. The largest absolute Gasteiger partial charge is 0.383 e. The first kappa shape index (κ1) is 22.6. The highest BCUT2D eigenvalue weighted by Gasteiger charge is 2.32. The van der Waals surface area contributed by atoms with Crippen molar-refractivity contribution in [1.82, 2.24) is 14.9 Å². The van der Waals surface area contributed by atoms with Gasteiger partial charge in [0.25, 0.3) is 0 Å². The molecule has 0 radical (unpaired) electrons. The zero-order chi connectivity index (χ0) is 23.8. The topological polar surface area (TPSA) is 123 Å². The van der Waals surface area contributed by atoms with E-state index in [1.54, 1.807) is 10.7 Å². The summed E-state index contributed by atoms with van der Waals surface area (Å²) in [6, 6.07) is 11.6. The summed E-state index contributed by atoms with van der Waals surface area (Å²) < 4.78 is 7.02. The summed E-state index contributed by atoms with van der Waals surface area (Å²) in [6.07, 6.45) is 3.29. The van der Waals surface area contributed by atoms with Crippen LogP contribution in [0.1, 0.15) is 63.4 Å². The summed E-state index contributed by atoms with van der Waals surface area (Å²) in [7, 11) is 0. The summed E-state index contributed by atoms with van der Waals surface area (Å²) in [5.41, 5.74) is 9.73. The summed E-state index contributed by atoms with van der Waals surface area (Å²) in [6.45, 7) is 8.45. The summed E-state index contributed by atoms with van der Waals surface area (Å²) in [5, 5.41) is 21.1. The van der Waals surface area contributed by atoms with Crippen LogP contribution in [0.2, 0.25) is 0 Å². The Morgan fingerprint density at radius 1 is 1.33 bits per heavy atom. The molecular weight excluding hydrogens is 416 g/mol. The molecule has 33 heavy (non-hydrogen) atoms. The molecule has 0 saturated heterocycles. The second-order valence-electron chi connectivity index (χ2n) is 10.1. The van der Waals surface area contributed by atoms with E-state index in [0.29, 0.717) is 28.9 Å². The number of rotatable bonds is 7. The van der Waals surface area contributed by atoms with Crippen LogP contribution in [-0.4, -0.2) is 20.8 Å². The van der Waals surface area contributed by atoms with Crippen LogP contribution >= 0.6 is 0 Å². The number of nitrogens with zero attached hydrogens (tertiary/aromatic N) is 4. The normalized spacial score (nSPS) is 14.6. The standard InChI is InChI=1S/C25H30N6O2/c1-15(17-9-10-17)31-24(27)20(14-26)23(29-31)18-7-5-16(6-8-18)11-21(32)28-22-12-19(30-33-22)13-25(2,3)4/h5-8,12,15,17H,9-11,13,27H2,1-4H3,(H,28,32). The Hall–Kier alpha value is -3.60. The van der Waals surface area contributed by atoms with Gasteiger partial charge in [0.1, 0.15) is 23.1 Å². The molecule has 8 nitrogen and oxygen atoms in total. The monoisotopic (exact) mass is 446 g/mol. The molecule has 0 bridgehead atoms. The molecule has 3 aromatic rings. The number of hydrogen-bond donors (Lipinski definition) is 2. The maximum absolute atomic E-state index is 12.5. The number of hydrogen-bond acceptors (Lipinski definition) is 6. The molecule has 1 aliphatic carbocycles. The van der Waals surface area contributed by atoms with Crippen molar-refractivity contribution in [2.24, 2.45) is 11.3 Å². The minimum Gasteiger partial charge on any atom is -0.383 e. The SMILES string of the molecule is CC(C1CC1)n1nc(-c2ccc(CC(=O)Nc3cc(CC(C)(C)C)no3)cc2)c(C#N)c1N. The van der Waals surface area contributed by atoms with Gasteiger partial charge in [0.2, 0.25) is 11.8 Å². The van der Waals surface area contributed by atoms with Crippen LogP contribution in [0.4, 0.5) is 11.7 Å². The van der Waals surface area contributed by atoms with Gasteiger partial charge in [-0.05, 0) is 43.1 Å². The Kier molecular flexibility index (Phi) is 5.98. The van der Waals surface area contributed by atoms with Crippen molar-refractivity contribution in [2.75, 3.05) is 11.1 Å². The van der Waals surface area contributed by atoms with Crippen LogP contribution in [-0.2, 0) is 17.6 Å². The third-order valence-electron chi connectivity index (χ3n) is 5.87. The van der Waals surface area contributed by atoms with Gasteiger partial charge in [-0.1, -0.05) is 50.2 Å². The number of nitrogens with two attached hydrogens (primary N) is 1. The third-order valence-corrected chi connectivity index (χ3v) is 5.87. The number of anilines is 2. The van der Waals surface area contributed by atoms with Gasteiger partial charge in [-0.25, -0.2) is 4.68 Å². The molecular formula is C25H30N6O2. The van der Waals surface area contributed by atoms with E-state index < -0.39 is 0 Å². The molecule has 1 atom stereocenters.